The average molecular weight is 515 g/mol. The topological polar surface area (TPSA) is 108 Å². The molecule has 8 nitrogen and oxygen atoms in total. The Balaban J connectivity index is 1.28. The smallest absolute Gasteiger partial charge is 0.395 e. The molecule has 6 rings (SSSR count). The summed E-state index contributed by atoms with van der Waals surface area (Å²) in [6.45, 7) is 0.713. The molecule has 36 heavy (non-hydrogen) atoms. The summed E-state index contributed by atoms with van der Waals surface area (Å²) in [4.78, 5) is 2.29. The maximum Gasteiger partial charge on any atom is 0.586 e. The lowest BCUT2D eigenvalue weighted by Crippen LogP contribution is -2.37. The highest BCUT2D eigenvalue weighted by atomic mass is 32.2. The molecule has 2 aromatic carbocycles. The molecule has 188 valence electrons. The van der Waals surface area contributed by atoms with Gasteiger partial charge in [-0.05, 0) is 73.1 Å². The maximum atomic E-state index is 13.5. The monoisotopic (exact) mass is 514 g/mol. The number of nitrogens with two attached hydrogens (primary N) is 1. The van der Waals surface area contributed by atoms with Gasteiger partial charge in [-0.1, -0.05) is 24.3 Å². The summed E-state index contributed by atoms with van der Waals surface area (Å²) in [5, 5.41) is 8.23. The van der Waals surface area contributed by atoms with Crippen LogP contribution in [0.3, 0.4) is 0 Å². The molecule has 0 amide bonds. The summed E-state index contributed by atoms with van der Waals surface area (Å²) in [5.41, 5.74) is 7.08. The molecule has 0 spiro atoms. The number of aromatic nitrogens is 2. The Labute approximate surface area is 207 Å². The maximum absolute atomic E-state index is 13.5. The van der Waals surface area contributed by atoms with Crippen LogP contribution in [-0.4, -0.2) is 43.5 Å². The molecule has 1 saturated carbocycles. The van der Waals surface area contributed by atoms with E-state index in [9.17, 15) is 17.2 Å². The zero-order valence-corrected chi connectivity index (χ0v) is 19.9. The molecular weight excluding hydrogens is 490 g/mol. The van der Waals surface area contributed by atoms with Crippen molar-refractivity contribution >= 4 is 15.7 Å². The predicted octanol–water partition coefficient (Wildman–Crippen LogP) is 3.42. The van der Waals surface area contributed by atoms with Crippen molar-refractivity contribution in [3.63, 3.8) is 0 Å². The van der Waals surface area contributed by atoms with Crippen molar-refractivity contribution in [1.29, 1.82) is 0 Å². The van der Waals surface area contributed by atoms with E-state index >= 15 is 0 Å². The minimum absolute atomic E-state index is 0.00434. The van der Waals surface area contributed by atoms with Crippen LogP contribution in [0.25, 0.3) is 0 Å². The molecule has 1 aliphatic carbocycles. The second kappa shape index (κ2) is 8.38. The Kier molecular flexibility index (Phi) is 5.38. The zero-order valence-electron chi connectivity index (χ0n) is 19.1. The van der Waals surface area contributed by atoms with Gasteiger partial charge < -0.3 is 20.1 Å². The van der Waals surface area contributed by atoms with Gasteiger partial charge in [0.05, 0.1) is 4.90 Å². The first kappa shape index (κ1) is 23.1. The van der Waals surface area contributed by atoms with Gasteiger partial charge in [-0.3, -0.25) is 0 Å². The molecule has 11 heteroatoms. The second-order valence-electron chi connectivity index (χ2n) is 9.57. The molecule has 4 atom stereocenters. The number of benzene rings is 2. The van der Waals surface area contributed by atoms with Gasteiger partial charge >= 0.3 is 6.29 Å². The molecule has 1 aromatic heterocycles. The number of hydrogen-bond donors (Lipinski definition) is 1. The van der Waals surface area contributed by atoms with Crippen molar-refractivity contribution in [2.45, 2.75) is 47.6 Å². The Morgan fingerprint density at radius 2 is 1.78 bits per heavy atom. The quantitative estimate of drug-likeness (QED) is 0.552. The van der Waals surface area contributed by atoms with Crippen molar-refractivity contribution in [3.05, 3.63) is 66.2 Å². The van der Waals surface area contributed by atoms with E-state index < -0.39 is 16.1 Å². The number of alkyl halides is 2. The average Bonchev–Trinajstić information content (AvgIpc) is 3.48. The van der Waals surface area contributed by atoms with Gasteiger partial charge in [0.25, 0.3) is 0 Å². The van der Waals surface area contributed by atoms with E-state index in [0.29, 0.717) is 30.6 Å². The molecule has 3 aliphatic rings. The molecule has 2 N–H and O–H groups in total. The summed E-state index contributed by atoms with van der Waals surface area (Å²) in [7, 11) is -3.77. The van der Waals surface area contributed by atoms with Crippen molar-refractivity contribution < 1.29 is 26.7 Å². The lowest BCUT2D eigenvalue weighted by atomic mass is 9.89. The van der Waals surface area contributed by atoms with Gasteiger partial charge in [0.2, 0.25) is 9.84 Å². The Bertz CT molecular complexity index is 1390. The molecule has 2 fully saturated rings. The number of sulfone groups is 1. The van der Waals surface area contributed by atoms with Gasteiger partial charge in [0.1, 0.15) is 0 Å². The Morgan fingerprint density at radius 1 is 1.00 bits per heavy atom. The molecular formula is C25H24F2N4O4S. The summed E-state index contributed by atoms with van der Waals surface area (Å²) < 4.78 is 61.9. The van der Waals surface area contributed by atoms with Crippen molar-refractivity contribution in [1.82, 2.24) is 10.2 Å². The lowest BCUT2D eigenvalue weighted by molar-refractivity contribution is -0.286. The van der Waals surface area contributed by atoms with Gasteiger partial charge in [-0.15, -0.1) is 19.0 Å². The van der Waals surface area contributed by atoms with Gasteiger partial charge in [0, 0.05) is 18.6 Å². The van der Waals surface area contributed by atoms with E-state index in [-0.39, 0.29) is 33.5 Å². The third kappa shape index (κ3) is 4.05. The summed E-state index contributed by atoms with van der Waals surface area (Å²) in [6.07, 6.45) is -1.37. The van der Waals surface area contributed by atoms with Crippen molar-refractivity contribution in [2.75, 3.05) is 11.4 Å². The van der Waals surface area contributed by atoms with Crippen LogP contribution in [-0.2, 0) is 16.3 Å². The second-order valence-corrected chi connectivity index (χ2v) is 11.5. The van der Waals surface area contributed by atoms with Crippen LogP contribution in [0.4, 0.5) is 14.6 Å². The number of fused-ring (bicyclic) bond motifs is 2. The molecule has 1 saturated heterocycles. The highest BCUT2D eigenvalue weighted by Crippen LogP contribution is 2.46. The summed E-state index contributed by atoms with van der Waals surface area (Å²) in [6, 6.07) is 16.2. The molecule has 3 aromatic rings. The minimum Gasteiger partial charge on any atom is -0.395 e. The van der Waals surface area contributed by atoms with Crippen LogP contribution in [0.5, 0.6) is 11.5 Å². The van der Waals surface area contributed by atoms with Crippen LogP contribution in [0.1, 0.15) is 18.4 Å². The SMILES string of the molecule is N[C@H]1C[C@@H]2CN(c3ccc(S(=O)(=O)c4ccccc4)nn3)[C@@H](Cc3ccc4c(c3)OC(F)(F)O4)[C@H]2C1. The first-order valence-electron chi connectivity index (χ1n) is 11.7. The minimum atomic E-state index is -3.77. The van der Waals surface area contributed by atoms with Crippen LogP contribution in [0.15, 0.2) is 70.6 Å². The van der Waals surface area contributed by atoms with Crippen LogP contribution in [0.2, 0.25) is 0 Å². The number of nitrogens with zero attached hydrogens (tertiary/aromatic N) is 3. The van der Waals surface area contributed by atoms with E-state index in [1.165, 1.54) is 24.3 Å². The predicted molar refractivity (Wildman–Crippen MR) is 126 cm³/mol. The number of halogens is 2. The van der Waals surface area contributed by atoms with Crippen LogP contribution < -0.4 is 20.1 Å². The van der Waals surface area contributed by atoms with E-state index in [2.05, 4.69) is 24.6 Å². The fourth-order valence-corrected chi connectivity index (χ4v) is 6.87. The molecule has 0 radical (unpaired) electrons. The van der Waals surface area contributed by atoms with Crippen molar-refractivity contribution in [3.8, 4) is 11.5 Å². The number of anilines is 1. The fourth-order valence-electron chi connectivity index (χ4n) is 5.72. The summed E-state index contributed by atoms with van der Waals surface area (Å²) in [5.74, 6) is 1.24. The number of ether oxygens (including phenoxy) is 2. The van der Waals surface area contributed by atoms with Crippen LogP contribution >= 0.6 is 0 Å². The zero-order chi connectivity index (χ0) is 25.1. The van der Waals surface area contributed by atoms with E-state index in [0.717, 1.165) is 18.4 Å². The number of rotatable bonds is 5. The Hall–Kier alpha value is -3.31. The molecule has 0 bridgehead atoms. The van der Waals surface area contributed by atoms with Gasteiger partial charge in [-0.25, -0.2) is 8.42 Å². The first-order chi connectivity index (χ1) is 17.2. The summed E-state index contributed by atoms with van der Waals surface area (Å²) >= 11 is 0. The largest absolute Gasteiger partial charge is 0.586 e. The lowest BCUT2D eigenvalue weighted by Gasteiger charge is -2.29. The van der Waals surface area contributed by atoms with E-state index in [4.69, 9.17) is 5.73 Å². The van der Waals surface area contributed by atoms with Crippen molar-refractivity contribution in [2.24, 2.45) is 17.6 Å². The molecule has 2 aliphatic heterocycles. The highest BCUT2D eigenvalue weighted by molar-refractivity contribution is 7.91. The standard InChI is InChI=1S/C25H24F2N4O4S/c26-25(27)34-21-7-6-15(11-22(21)35-25)10-20-19-13-17(28)12-16(19)14-31(20)23-8-9-24(30-29-23)36(32,33)18-4-2-1-3-5-18/h1-9,11,16-17,19-20H,10,12-14,28H2/t16-,17+,19+,20+/m1/s1. The molecule has 0 unspecified atom stereocenters. The van der Waals surface area contributed by atoms with E-state index in [1.807, 2.05) is 0 Å². The third-order valence-electron chi connectivity index (χ3n) is 7.27. The van der Waals surface area contributed by atoms with Gasteiger partial charge in [-0.2, -0.15) is 0 Å². The first-order valence-corrected chi connectivity index (χ1v) is 13.2. The van der Waals surface area contributed by atoms with Gasteiger partial charge in [0.15, 0.2) is 22.3 Å². The fraction of sp³-hybridized carbons (Fsp3) is 0.360. The number of hydrogen-bond acceptors (Lipinski definition) is 8. The third-order valence-corrected chi connectivity index (χ3v) is 8.93. The van der Waals surface area contributed by atoms with E-state index in [1.54, 1.807) is 36.4 Å². The normalized spacial score (nSPS) is 26.2. The Morgan fingerprint density at radius 3 is 2.53 bits per heavy atom. The molecule has 3 heterocycles. The highest BCUT2D eigenvalue weighted by Gasteiger charge is 2.48. The van der Waals surface area contributed by atoms with Crippen LogP contribution in [0, 0.1) is 11.8 Å².